The van der Waals surface area contributed by atoms with Crippen molar-refractivity contribution in [1.82, 2.24) is 0 Å². The van der Waals surface area contributed by atoms with Gasteiger partial charge in [0.2, 0.25) is 0 Å². The van der Waals surface area contributed by atoms with E-state index >= 15 is 0 Å². The zero-order valence-corrected chi connectivity index (χ0v) is 24.2. The Kier molecular flexibility index (Phi) is 18.9. The molecule has 0 atom stereocenters. The summed E-state index contributed by atoms with van der Waals surface area (Å²) >= 11 is 28.7. The van der Waals surface area contributed by atoms with E-state index in [0.717, 1.165) is 38.0 Å². The first-order valence-electron chi connectivity index (χ1n) is 13.0. The Hall–Kier alpha value is 1.59. The molecule has 0 aliphatic rings. The van der Waals surface area contributed by atoms with Gasteiger partial charge in [-0.15, -0.1) is 0 Å². The molecule has 0 radical (unpaired) electrons. The Morgan fingerprint density at radius 1 is 0.467 bits per heavy atom. The van der Waals surface area contributed by atoms with E-state index in [0.29, 0.717) is 0 Å². The molecular formula is C25H51Cl4P. The van der Waals surface area contributed by atoms with Gasteiger partial charge in [-0.05, 0) is 0 Å². The van der Waals surface area contributed by atoms with Gasteiger partial charge in [-0.2, -0.15) is 0 Å². The predicted octanol–water partition coefficient (Wildman–Crippen LogP) is 12.5. The Balaban J connectivity index is 4.77. The van der Waals surface area contributed by atoms with Crippen molar-refractivity contribution in [1.29, 1.82) is 0 Å². The molecule has 5 heteroatoms. The molecule has 0 heterocycles. The van der Waals surface area contributed by atoms with E-state index in [-0.39, 0.29) is 0 Å². The SMILES string of the molecule is CCCCCCCCC(Cl)(Cl)P(Cl)(Cl)(CCCCCCCC)CCCCCCCC. The number of rotatable bonds is 22. The molecule has 0 fully saturated rings. The Morgan fingerprint density at radius 2 is 0.767 bits per heavy atom. The van der Waals surface area contributed by atoms with Crippen LogP contribution in [0.25, 0.3) is 0 Å². The van der Waals surface area contributed by atoms with E-state index in [1.807, 2.05) is 0 Å². The van der Waals surface area contributed by atoms with Gasteiger partial charge in [-0.25, -0.2) is 0 Å². The fraction of sp³-hybridized carbons (Fsp3) is 1.00. The number of halogens is 4. The van der Waals surface area contributed by atoms with Gasteiger partial charge in [0, 0.05) is 0 Å². The van der Waals surface area contributed by atoms with Crippen LogP contribution in [0.2, 0.25) is 0 Å². The number of unbranched alkanes of at least 4 members (excludes halogenated alkanes) is 15. The molecule has 0 aliphatic heterocycles. The molecule has 0 saturated heterocycles. The van der Waals surface area contributed by atoms with Gasteiger partial charge in [-0.1, -0.05) is 0 Å². The van der Waals surface area contributed by atoms with Crippen LogP contribution in [0.5, 0.6) is 0 Å². The minimum absolute atomic E-state index is 0.735. The average molecular weight is 524 g/mol. The number of hydrogen-bond donors (Lipinski definition) is 0. The van der Waals surface area contributed by atoms with Gasteiger partial charge < -0.3 is 0 Å². The summed E-state index contributed by atoms with van der Waals surface area (Å²) in [5.74, 6) is 0. The third-order valence-electron chi connectivity index (χ3n) is 6.44. The zero-order valence-electron chi connectivity index (χ0n) is 20.3. The monoisotopic (exact) mass is 522 g/mol. The quantitative estimate of drug-likeness (QED) is 0.0751. The molecule has 0 saturated carbocycles. The molecule has 0 rings (SSSR count). The summed E-state index contributed by atoms with van der Waals surface area (Å²) in [6, 6.07) is 0. The van der Waals surface area contributed by atoms with E-state index < -0.39 is 9.38 Å². The Bertz CT molecular complexity index is 379. The van der Waals surface area contributed by atoms with Crippen LogP contribution in [-0.4, -0.2) is 16.4 Å². The van der Waals surface area contributed by atoms with Crippen LogP contribution in [-0.2, 0) is 0 Å². The van der Waals surface area contributed by atoms with Gasteiger partial charge in [0.15, 0.2) is 0 Å². The van der Waals surface area contributed by atoms with Crippen LogP contribution < -0.4 is 0 Å². The van der Waals surface area contributed by atoms with Crippen LogP contribution in [0.1, 0.15) is 143 Å². The van der Waals surface area contributed by atoms with Crippen LogP contribution in [0.3, 0.4) is 0 Å². The van der Waals surface area contributed by atoms with Crippen LogP contribution in [0.4, 0.5) is 0 Å². The zero-order chi connectivity index (χ0) is 22.8. The van der Waals surface area contributed by atoms with Gasteiger partial charge in [0.05, 0.1) is 0 Å². The first kappa shape index (κ1) is 31.6. The van der Waals surface area contributed by atoms with E-state index in [2.05, 4.69) is 20.8 Å². The second kappa shape index (κ2) is 18.0. The minimum atomic E-state index is -3.21. The van der Waals surface area contributed by atoms with E-state index in [1.54, 1.807) is 0 Å². The van der Waals surface area contributed by atoms with Gasteiger partial charge in [-0.3, -0.25) is 0 Å². The fourth-order valence-electron chi connectivity index (χ4n) is 4.20. The fourth-order valence-corrected chi connectivity index (χ4v) is 10.6. The predicted molar refractivity (Wildman–Crippen MR) is 148 cm³/mol. The molecule has 0 bridgehead atoms. The van der Waals surface area contributed by atoms with Crippen molar-refractivity contribution >= 4 is 51.0 Å². The van der Waals surface area contributed by atoms with Gasteiger partial charge in [0.1, 0.15) is 0 Å². The summed E-state index contributed by atoms with van der Waals surface area (Å²) in [6.07, 6.45) is 24.5. The number of hydrogen-bond acceptors (Lipinski definition) is 0. The second-order valence-corrected chi connectivity index (χ2v) is 21.0. The van der Waals surface area contributed by atoms with Crippen molar-refractivity contribution < 1.29 is 0 Å². The molecule has 184 valence electrons. The molecule has 0 aromatic carbocycles. The maximum absolute atomic E-state index is 7.36. The summed E-state index contributed by atoms with van der Waals surface area (Å²) in [6.45, 7) is 6.75. The third-order valence-corrected chi connectivity index (χ3v) is 18.1. The van der Waals surface area contributed by atoms with Gasteiger partial charge >= 0.3 is 210 Å². The molecule has 0 aliphatic carbocycles. The van der Waals surface area contributed by atoms with E-state index in [4.69, 9.17) is 45.7 Å². The summed E-state index contributed by atoms with van der Waals surface area (Å²) in [4.78, 5) is 0. The summed E-state index contributed by atoms with van der Waals surface area (Å²) in [5, 5.41) is -3.21. The Morgan fingerprint density at radius 3 is 1.13 bits per heavy atom. The first-order chi connectivity index (χ1) is 14.2. The van der Waals surface area contributed by atoms with Crippen molar-refractivity contribution in [2.24, 2.45) is 0 Å². The molecule has 0 unspecified atom stereocenters. The average Bonchev–Trinajstić information content (AvgIpc) is 2.70. The van der Waals surface area contributed by atoms with Crippen molar-refractivity contribution in [3.8, 4) is 0 Å². The summed E-state index contributed by atoms with van der Waals surface area (Å²) in [5.41, 5.74) is 0. The number of alkyl halides is 2. The molecule has 30 heavy (non-hydrogen) atoms. The van der Waals surface area contributed by atoms with Crippen molar-refractivity contribution in [3.63, 3.8) is 0 Å². The molecule has 0 aromatic rings. The van der Waals surface area contributed by atoms with Crippen LogP contribution >= 0.6 is 51.0 Å². The summed E-state index contributed by atoms with van der Waals surface area (Å²) in [7, 11) is 0. The van der Waals surface area contributed by atoms with Crippen molar-refractivity contribution in [2.75, 3.05) is 12.3 Å². The molecule has 0 amide bonds. The molecule has 0 aromatic heterocycles. The third kappa shape index (κ3) is 13.3. The first-order valence-corrected chi connectivity index (χ1v) is 18.2. The molecule has 0 spiro atoms. The van der Waals surface area contributed by atoms with Crippen LogP contribution in [0, 0.1) is 0 Å². The summed E-state index contributed by atoms with van der Waals surface area (Å²) < 4.78 is -0.966. The topological polar surface area (TPSA) is 0 Å². The standard InChI is InChI=1S/C25H51Cl4P/c1-4-7-10-13-16-19-22-25(26,27)30(28,29,23-20-17-14-11-8-5-2)24-21-18-15-12-9-6-3/h4-24H2,1-3H3. The Labute approximate surface area is 209 Å². The van der Waals surface area contributed by atoms with E-state index in [9.17, 15) is 0 Å². The normalized spacial score (nSPS) is 14.0. The molecule has 0 N–H and O–H groups in total. The molecular weight excluding hydrogens is 473 g/mol. The maximum atomic E-state index is 7.36. The van der Waals surface area contributed by atoms with Crippen molar-refractivity contribution in [3.05, 3.63) is 0 Å². The molecule has 0 nitrogen and oxygen atoms in total. The van der Waals surface area contributed by atoms with E-state index in [1.165, 1.54) is 96.3 Å². The second-order valence-electron chi connectivity index (χ2n) is 9.42. The van der Waals surface area contributed by atoms with Gasteiger partial charge in [0.25, 0.3) is 0 Å². The van der Waals surface area contributed by atoms with Crippen molar-refractivity contribution in [2.45, 2.75) is 147 Å². The van der Waals surface area contributed by atoms with Crippen LogP contribution in [0.15, 0.2) is 0 Å².